The van der Waals surface area contributed by atoms with Gasteiger partial charge in [0, 0.05) is 6.04 Å². The first-order valence-corrected chi connectivity index (χ1v) is 7.30. The van der Waals surface area contributed by atoms with Gasteiger partial charge in [0.1, 0.15) is 0 Å². The summed E-state index contributed by atoms with van der Waals surface area (Å²) in [6.07, 6.45) is 0.963. The van der Waals surface area contributed by atoms with Crippen LogP contribution in [-0.4, -0.2) is 19.1 Å². The monoisotopic (exact) mass is 299 g/mol. The molecule has 0 radical (unpaired) electrons. The van der Waals surface area contributed by atoms with Crippen LogP contribution in [0, 0.1) is 0 Å². The van der Waals surface area contributed by atoms with Crippen LogP contribution in [0.25, 0.3) is 0 Å². The van der Waals surface area contributed by atoms with Crippen molar-refractivity contribution < 1.29 is 14.4 Å². The Labute approximate surface area is 131 Å². The molecule has 0 fully saturated rings. The van der Waals surface area contributed by atoms with E-state index in [2.05, 4.69) is 5.48 Å². The van der Waals surface area contributed by atoms with Gasteiger partial charge in [-0.2, -0.15) is 5.48 Å². The number of rotatable bonds is 8. The van der Waals surface area contributed by atoms with Crippen molar-refractivity contribution >= 4 is 5.97 Å². The Balaban J connectivity index is 1.88. The third-order valence-electron chi connectivity index (χ3n) is 3.30. The van der Waals surface area contributed by atoms with Crippen LogP contribution in [0.3, 0.4) is 0 Å². The Morgan fingerprint density at radius 1 is 1.00 bits per heavy atom. The highest BCUT2D eigenvalue weighted by Gasteiger charge is 2.15. The summed E-state index contributed by atoms with van der Waals surface area (Å²) in [6, 6.07) is 19.8. The standard InChI is InChI=1S/C18H21NO3/c1-21-18(20)13-17(12-15-8-4-2-5-9-15)19-22-14-16-10-6-3-7-11-16/h2-11,17,19H,12-14H2,1H3/t17-/m0/s1. The highest BCUT2D eigenvalue weighted by atomic mass is 16.6. The van der Waals surface area contributed by atoms with E-state index >= 15 is 0 Å². The second kappa shape index (κ2) is 8.97. The third-order valence-corrected chi connectivity index (χ3v) is 3.30. The number of carbonyl (C=O) groups excluding carboxylic acids is 1. The SMILES string of the molecule is COC(=O)C[C@H](Cc1ccccc1)NOCc1ccccc1. The fourth-order valence-electron chi connectivity index (χ4n) is 2.16. The summed E-state index contributed by atoms with van der Waals surface area (Å²) in [6.45, 7) is 0.452. The second-order valence-electron chi connectivity index (χ2n) is 5.06. The molecule has 0 spiro atoms. The van der Waals surface area contributed by atoms with E-state index in [-0.39, 0.29) is 18.4 Å². The molecular weight excluding hydrogens is 278 g/mol. The molecule has 2 aromatic carbocycles. The van der Waals surface area contributed by atoms with Crippen molar-refractivity contribution in [2.75, 3.05) is 7.11 Å². The Morgan fingerprint density at radius 3 is 2.18 bits per heavy atom. The summed E-state index contributed by atoms with van der Waals surface area (Å²) in [5, 5.41) is 0. The van der Waals surface area contributed by atoms with E-state index in [0.29, 0.717) is 13.0 Å². The first-order chi connectivity index (χ1) is 10.8. The highest BCUT2D eigenvalue weighted by Crippen LogP contribution is 2.08. The van der Waals surface area contributed by atoms with E-state index in [1.54, 1.807) is 0 Å². The van der Waals surface area contributed by atoms with Gasteiger partial charge in [-0.1, -0.05) is 60.7 Å². The van der Waals surface area contributed by atoms with E-state index in [4.69, 9.17) is 9.57 Å². The van der Waals surface area contributed by atoms with Crippen molar-refractivity contribution in [1.29, 1.82) is 0 Å². The average Bonchev–Trinajstić information content (AvgIpc) is 2.56. The van der Waals surface area contributed by atoms with E-state index in [1.165, 1.54) is 7.11 Å². The molecule has 4 heteroatoms. The molecule has 0 aliphatic carbocycles. The fourth-order valence-corrected chi connectivity index (χ4v) is 2.16. The summed E-state index contributed by atoms with van der Waals surface area (Å²) in [4.78, 5) is 17.1. The number of hydroxylamine groups is 1. The molecule has 116 valence electrons. The number of ether oxygens (including phenoxy) is 1. The zero-order valence-electron chi connectivity index (χ0n) is 12.7. The van der Waals surface area contributed by atoms with Crippen LogP contribution in [0.4, 0.5) is 0 Å². The van der Waals surface area contributed by atoms with Gasteiger partial charge in [0.15, 0.2) is 0 Å². The Hall–Kier alpha value is -2.17. The first-order valence-electron chi connectivity index (χ1n) is 7.30. The largest absolute Gasteiger partial charge is 0.469 e. The summed E-state index contributed by atoms with van der Waals surface area (Å²) in [5.41, 5.74) is 5.20. The van der Waals surface area contributed by atoms with E-state index < -0.39 is 0 Å². The lowest BCUT2D eigenvalue weighted by atomic mass is 10.0. The number of hydrogen-bond donors (Lipinski definition) is 1. The zero-order chi connectivity index (χ0) is 15.6. The van der Waals surface area contributed by atoms with Crippen LogP contribution in [0.15, 0.2) is 60.7 Å². The summed E-state index contributed by atoms with van der Waals surface area (Å²) in [7, 11) is 1.40. The van der Waals surface area contributed by atoms with Crippen molar-refractivity contribution in [2.24, 2.45) is 0 Å². The molecule has 0 amide bonds. The number of esters is 1. The first kappa shape index (κ1) is 16.2. The number of hydrogen-bond acceptors (Lipinski definition) is 4. The van der Waals surface area contributed by atoms with Gasteiger partial charge in [0.05, 0.1) is 20.1 Å². The van der Waals surface area contributed by atoms with Crippen molar-refractivity contribution in [3.05, 3.63) is 71.8 Å². The molecule has 0 aromatic heterocycles. The van der Waals surface area contributed by atoms with Gasteiger partial charge in [-0.15, -0.1) is 0 Å². The van der Waals surface area contributed by atoms with Crippen LogP contribution in [0.5, 0.6) is 0 Å². The van der Waals surface area contributed by atoms with Crippen molar-refractivity contribution in [1.82, 2.24) is 5.48 Å². The molecule has 0 aliphatic rings. The van der Waals surface area contributed by atoms with Crippen molar-refractivity contribution in [3.63, 3.8) is 0 Å². The molecule has 0 bridgehead atoms. The molecular formula is C18H21NO3. The minimum atomic E-state index is -0.253. The summed E-state index contributed by atoms with van der Waals surface area (Å²) in [5.74, 6) is -0.253. The maximum atomic E-state index is 11.5. The minimum Gasteiger partial charge on any atom is -0.469 e. The van der Waals surface area contributed by atoms with Crippen molar-refractivity contribution in [2.45, 2.75) is 25.5 Å². The Bertz CT molecular complexity index is 557. The van der Waals surface area contributed by atoms with Gasteiger partial charge in [0.25, 0.3) is 0 Å². The maximum Gasteiger partial charge on any atom is 0.307 e. The van der Waals surface area contributed by atoms with E-state index in [9.17, 15) is 4.79 Å². The smallest absolute Gasteiger partial charge is 0.307 e. The van der Waals surface area contributed by atoms with Gasteiger partial charge in [-0.25, -0.2) is 0 Å². The van der Waals surface area contributed by atoms with Crippen LogP contribution in [-0.2, 0) is 27.4 Å². The lowest BCUT2D eigenvalue weighted by molar-refractivity contribution is -0.142. The highest BCUT2D eigenvalue weighted by molar-refractivity contribution is 5.69. The molecule has 2 aromatic rings. The van der Waals surface area contributed by atoms with Crippen LogP contribution in [0.2, 0.25) is 0 Å². The number of benzene rings is 2. The average molecular weight is 299 g/mol. The summed E-state index contributed by atoms with van der Waals surface area (Å²) >= 11 is 0. The Morgan fingerprint density at radius 2 is 1.59 bits per heavy atom. The van der Waals surface area contributed by atoms with Gasteiger partial charge < -0.3 is 4.74 Å². The van der Waals surface area contributed by atoms with Crippen LogP contribution >= 0.6 is 0 Å². The predicted molar refractivity (Wildman–Crippen MR) is 84.9 cm³/mol. The van der Waals surface area contributed by atoms with Gasteiger partial charge in [-0.05, 0) is 17.5 Å². The van der Waals surface area contributed by atoms with Gasteiger partial charge in [0.2, 0.25) is 0 Å². The van der Waals surface area contributed by atoms with E-state index in [1.807, 2.05) is 60.7 Å². The predicted octanol–water partition coefficient (Wildman–Crippen LogP) is 2.88. The molecule has 0 saturated heterocycles. The Kier molecular flexibility index (Phi) is 6.61. The minimum absolute atomic E-state index is 0.126. The number of nitrogens with one attached hydrogen (secondary N) is 1. The number of carbonyl (C=O) groups is 1. The molecule has 0 unspecified atom stereocenters. The molecule has 0 heterocycles. The quantitative estimate of drug-likeness (QED) is 0.601. The molecule has 1 N–H and O–H groups in total. The lowest BCUT2D eigenvalue weighted by Crippen LogP contribution is -2.33. The molecule has 1 atom stereocenters. The zero-order valence-corrected chi connectivity index (χ0v) is 12.7. The van der Waals surface area contributed by atoms with E-state index in [0.717, 1.165) is 11.1 Å². The van der Waals surface area contributed by atoms with Gasteiger partial charge in [-0.3, -0.25) is 9.63 Å². The molecule has 2 rings (SSSR count). The lowest BCUT2D eigenvalue weighted by Gasteiger charge is -2.17. The molecule has 0 aliphatic heterocycles. The normalized spacial score (nSPS) is 11.9. The third kappa shape index (κ3) is 5.68. The molecule has 4 nitrogen and oxygen atoms in total. The van der Waals surface area contributed by atoms with Crippen molar-refractivity contribution in [3.8, 4) is 0 Å². The van der Waals surface area contributed by atoms with Gasteiger partial charge >= 0.3 is 5.97 Å². The maximum absolute atomic E-state index is 11.5. The second-order valence-corrected chi connectivity index (χ2v) is 5.06. The fraction of sp³-hybridized carbons (Fsp3) is 0.278. The number of methoxy groups -OCH3 is 1. The molecule has 22 heavy (non-hydrogen) atoms. The van der Waals surface area contributed by atoms with Crippen LogP contribution in [0.1, 0.15) is 17.5 Å². The topological polar surface area (TPSA) is 47.6 Å². The summed E-state index contributed by atoms with van der Waals surface area (Å²) < 4.78 is 4.75. The molecule has 0 saturated carbocycles. The van der Waals surface area contributed by atoms with Crippen LogP contribution < -0.4 is 5.48 Å².